The smallest absolute Gasteiger partial charge is 0.242 e. The maximum atomic E-state index is 12.3. The van der Waals surface area contributed by atoms with Crippen molar-refractivity contribution >= 4 is 11.8 Å². The number of nitrogens with two attached hydrogens (primary N) is 2. The molecule has 2 aliphatic rings. The first kappa shape index (κ1) is 12.3. The van der Waals surface area contributed by atoms with Crippen molar-refractivity contribution in [1.29, 1.82) is 0 Å². The van der Waals surface area contributed by atoms with Crippen LogP contribution < -0.4 is 11.5 Å². The molecule has 0 spiro atoms. The van der Waals surface area contributed by atoms with E-state index >= 15 is 0 Å². The van der Waals surface area contributed by atoms with E-state index in [9.17, 15) is 9.59 Å². The molecule has 3 atom stereocenters. The van der Waals surface area contributed by atoms with E-state index in [2.05, 4.69) is 0 Å². The second-order valence-electron chi connectivity index (χ2n) is 4.73. The normalized spacial score (nSPS) is 33.7. The second-order valence-corrected chi connectivity index (χ2v) is 4.73. The van der Waals surface area contributed by atoms with E-state index in [-0.39, 0.29) is 24.5 Å². The van der Waals surface area contributed by atoms with Crippen LogP contribution in [0.15, 0.2) is 0 Å². The van der Waals surface area contributed by atoms with Crippen molar-refractivity contribution < 1.29 is 14.3 Å². The summed E-state index contributed by atoms with van der Waals surface area (Å²) in [4.78, 5) is 25.1. The molecular formula is C11H19N3O3. The van der Waals surface area contributed by atoms with Gasteiger partial charge < -0.3 is 21.1 Å². The van der Waals surface area contributed by atoms with Crippen LogP contribution in [0.3, 0.4) is 0 Å². The fourth-order valence-electron chi connectivity index (χ4n) is 2.61. The highest BCUT2D eigenvalue weighted by molar-refractivity contribution is 5.88. The van der Waals surface area contributed by atoms with Crippen LogP contribution in [-0.2, 0) is 14.3 Å². The minimum Gasteiger partial charge on any atom is -0.377 e. The zero-order chi connectivity index (χ0) is 12.4. The van der Waals surface area contributed by atoms with Crippen molar-refractivity contribution in [2.75, 3.05) is 19.8 Å². The van der Waals surface area contributed by atoms with E-state index in [1.54, 1.807) is 4.90 Å². The molecule has 96 valence electrons. The molecule has 1 heterocycles. The molecule has 1 saturated carbocycles. The summed E-state index contributed by atoms with van der Waals surface area (Å²) in [7, 11) is 0. The van der Waals surface area contributed by atoms with Crippen LogP contribution in [0, 0.1) is 5.92 Å². The third kappa shape index (κ3) is 2.42. The van der Waals surface area contributed by atoms with Gasteiger partial charge in [0.15, 0.2) is 0 Å². The molecular weight excluding hydrogens is 222 g/mol. The topological polar surface area (TPSA) is 98.7 Å². The zero-order valence-electron chi connectivity index (χ0n) is 9.80. The van der Waals surface area contributed by atoms with E-state index in [1.165, 1.54) is 0 Å². The van der Waals surface area contributed by atoms with E-state index in [1.807, 2.05) is 0 Å². The number of morpholine rings is 1. The highest BCUT2D eigenvalue weighted by Crippen LogP contribution is 2.27. The largest absolute Gasteiger partial charge is 0.377 e. The van der Waals surface area contributed by atoms with Crippen molar-refractivity contribution in [2.45, 2.75) is 31.3 Å². The minimum absolute atomic E-state index is 0.0397. The molecule has 6 heteroatoms. The lowest BCUT2D eigenvalue weighted by Gasteiger charge is -2.35. The summed E-state index contributed by atoms with van der Waals surface area (Å²) >= 11 is 0. The molecule has 17 heavy (non-hydrogen) atoms. The molecule has 0 aromatic carbocycles. The van der Waals surface area contributed by atoms with Crippen LogP contribution in [-0.4, -0.2) is 48.6 Å². The summed E-state index contributed by atoms with van der Waals surface area (Å²) in [5, 5.41) is 0. The Labute approximate surface area is 100 Å². The lowest BCUT2D eigenvalue weighted by atomic mass is 10.0. The lowest BCUT2D eigenvalue weighted by molar-refractivity contribution is -0.150. The van der Waals surface area contributed by atoms with Gasteiger partial charge in [-0.1, -0.05) is 6.42 Å². The number of rotatable bonds is 2. The van der Waals surface area contributed by atoms with Gasteiger partial charge in [-0.15, -0.1) is 0 Å². The number of hydrogen-bond donors (Lipinski definition) is 2. The quantitative estimate of drug-likeness (QED) is 0.636. The van der Waals surface area contributed by atoms with Crippen molar-refractivity contribution in [3.8, 4) is 0 Å². The summed E-state index contributed by atoms with van der Waals surface area (Å²) < 4.78 is 5.19. The predicted octanol–water partition coefficient (Wildman–Crippen LogP) is -1.17. The number of carbonyl (C=O) groups excluding carboxylic acids is 2. The van der Waals surface area contributed by atoms with Gasteiger partial charge in [0.1, 0.15) is 6.04 Å². The molecule has 6 nitrogen and oxygen atoms in total. The fraction of sp³-hybridized carbons (Fsp3) is 0.818. The van der Waals surface area contributed by atoms with Crippen LogP contribution in [0.1, 0.15) is 19.3 Å². The van der Waals surface area contributed by atoms with Gasteiger partial charge in [-0.25, -0.2) is 0 Å². The predicted molar refractivity (Wildman–Crippen MR) is 60.8 cm³/mol. The third-order valence-corrected chi connectivity index (χ3v) is 3.63. The third-order valence-electron chi connectivity index (χ3n) is 3.63. The van der Waals surface area contributed by atoms with Gasteiger partial charge >= 0.3 is 0 Å². The first-order chi connectivity index (χ1) is 8.11. The van der Waals surface area contributed by atoms with Crippen LogP contribution in [0.2, 0.25) is 0 Å². The molecule has 4 N–H and O–H groups in total. The summed E-state index contributed by atoms with van der Waals surface area (Å²) in [5.74, 6) is -0.707. The Balaban J connectivity index is 2.08. The molecule has 0 bridgehead atoms. The average molecular weight is 241 g/mol. The monoisotopic (exact) mass is 241 g/mol. The molecule has 2 amide bonds. The van der Waals surface area contributed by atoms with Crippen LogP contribution in [0.5, 0.6) is 0 Å². The van der Waals surface area contributed by atoms with Gasteiger partial charge in [-0.3, -0.25) is 9.59 Å². The van der Waals surface area contributed by atoms with Gasteiger partial charge in [0.2, 0.25) is 11.8 Å². The Morgan fingerprint density at radius 1 is 1.29 bits per heavy atom. The van der Waals surface area contributed by atoms with E-state index < -0.39 is 11.9 Å². The van der Waals surface area contributed by atoms with Gasteiger partial charge in [-0.05, 0) is 12.8 Å². The maximum Gasteiger partial charge on any atom is 0.242 e. The number of amides is 2. The summed E-state index contributed by atoms with van der Waals surface area (Å²) in [6, 6.07) is -0.720. The molecule has 0 radical (unpaired) electrons. The first-order valence-electron chi connectivity index (χ1n) is 6.04. The van der Waals surface area contributed by atoms with E-state index in [4.69, 9.17) is 16.2 Å². The van der Waals surface area contributed by atoms with E-state index in [0.29, 0.717) is 13.2 Å². The number of nitrogens with zero attached hydrogens (tertiary/aromatic N) is 1. The molecule has 1 aliphatic heterocycles. The molecule has 0 aromatic rings. The summed E-state index contributed by atoms with van der Waals surface area (Å²) in [5.41, 5.74) is 11.2. The van der Waals surface area contributed by atoms with Crippen molar-refractivity contribution in [3.05, 3.63) is 0 Å². The summed E-state index contributed by atoms with van der Waals surface area (Å²) in [6.45, 7) is 1.08. The molecule has 0 aromatic heterocycles. The molecule has 1 saturated heterocycles. The Kier molecular flexibility index (Phi) is 3.63. The van der Waals surface area contributed by atoms with E-state index in [0.717, 1.165) is 19.3 Å². The molecule has 2 fully saturated rings. The van der Waals surface area contributed by atoms with Crippen molar-refractivity contribution in [1.82, 2.24) is 4.90 Å². The number of ether oxygens (including phenoxy) is 1. The van der Waals surface area contributed by atoms with Gasteiger partial charge in [-0.2, -0.15) is 0 Å². The maximum absolute atomic E-state index is 12.3. The standard InChI is InChI=1S/C11H19N3O3/c12-8-3-1-2-7(8)11(16)14-4-5-17-6-9(14)10(13)15/h7-9H,1-6,12H2,(H2,13,15). The van der Waals surface area contributed by atoms with Gasteiger partial charge in [0, 0.05) is 12.6 Å². The Bertz CT molecular complexity index is 321. The number of carbonyl (C=O) groups is 2. The molecule has 2 rings (SSSR count). The minimum atomic E-state index is -0.635. The second kappa shape index (κ2) is 5.01. The Hall–Kier alpha value is -1.14. The zero-order valence-corrected chi connectivity index (χ0v) is 9.80. The van der Waals surface area contributed by atoms with Crippen LogP contribution >= 0.6 is 0 Å². The van der Waals surface area contributed by atoms with Gasteiger partial charge in [0.05, 0.1) is 19.1 Å². The van der Waals surface area contributed by atoms with Crippen molar-refractivity contribution in [2.24, 2.45) is 17.4 Å². The fourth-order valence-corrected chi connectivity index (χ4v) is 2.61. The molecule has 3 unspecified atom stereocenters. The number of hydrogen-bond acceptors (Lipinski definition) is 4. The van der Waals surface area contributed by atoms with Crippen LogP contribution in [0.25, 0.3) is 0 Å². The highest BCUT2D eigenvalue weighted by Gasteiger charge is 2.38. The Morgan fingerprint density at radius 2 is 2.06 bits per heavy atom. The molecule has 1 aliphatic carbocycles. The number of primary amides is 1. The average Bonchev–Trinajstić information content (AvgIpc) is 2.74. The Morgan fingerprint density at radius 3 is 2.65 bits per heavy atom. The van der Waals surface area contributed by atoms with Crippen molar-refractivity contribution in [3.63, 3.8) is 0 Å². The first-order valence-corrected chi connectivity index (χ1v) is 6.04. The summed E-state index contributed by atoms with van der Waals surface area (Å²) in [6.07, 6.45) is 2.66. The lowest BCUT2D eigenvalue weighted by Crippen LogP contribution is -2.57. The SMILES string of the molecule is NC(=O)C1COCCN1C(=O)C1CCCC1N. The van der Waals surface area contributed by atoms with Gasteiger partial charge in [0.25, 0.3) is 0 Å². The van der Waals surface area contributed by atoms with Crippen LogP contribution in [0.4, 0.5) is 0 Å². The highest BCUT2D eigenvalue weighted by atomic mass is 16.5.